The molecule has 0 atom stereocenters. The van der Waals surface area contributed by atoms with Gasteiger partial charge >= 0.3 is 0 Å². The predicted octanol–water partition coefficient (Wildman–Crippen LogP) is 12.1. The quantitative estimate of drug-likeness (QED) is 0.173. The smallest absolute Gasteiger partial charge is 0.161 e. The van der Waals surface area contributed by atoms with Crippen LogP contribution in [0.25, 0.3) is 93.0 Å². The normalized spacial score (nSPS) is 11.7. The Bertz CT molecular complexity index is 3000. The average Bonchev–Trinajstić information content (AvgIpc) is 3.60. The standard InChI is InChI=1S/C47H32N2O2/c1-50-43-27-32-26-42(31-14-4-3-5-15-31)49-47(41(32)28-44(43)51-2)45(39-20-10-18-35-33-16-8-6-12-29(33)22-24-37(35)39)46(48-49)40-21-11-19-36-34-17-9-7-13-30(34)23-25-38(36)40/h3-28H,1-2H3. The summed E-state index contributed by atoms with van der Waals surface area (Å²) in [4.78, 5) is 0. The van der Waals surface area contributed by atoms with Crippen LogP contribution in [0.1, 0.15) is 0 Å². The summed E-state index contributed by atoms with van der Waals surface area (Å²) < 4.78 is 13.9. The van der Waals surface area contributed by atoms with E-state index in [1.54, 1.807) is 14.2 Å². The summed E-state index contributed by atoms with van der Waals surface area (Å²) in [5.74, 6) is 1.36. The second-order valence-electron chi connectivity index (χ2n) is 13.0. The number of aromatic nitrogens is 2. The van der Waals surface area contributed by atoms with Gasteiger partial charge in [-0.05, 0) is 72.2 Å². The highest BCUT2D eigenvalue weighted by Crippen LogP contribution is 2.47. The van der Waals surface area contributed by atoms with Crippen molar-refractivity contribution in [2.45, 2.75) is 0 Å². The number of methoxy groups -OCH3 is 2. The van der Waals surface area contributed by atoms with E-state index in [2.05, 4.69) is 162 Å². The first kappa shape index (κ1) is 29.3. The summed E-state index contributed by atoms with van der Waals surface area (Å²) >= 11 is 0. The molecule has 0 aliphatic rings. The second kappa shape index (κ2) is 11.5. The fourth-order valence-electron chi connectivity index (χ4n) is 8.03. The monoisotopic (exact) mass is 656 g/mol. The predicted molar refractivity (Wildman–Crippen MR) is 212 cm³/mol. The maximum absolute atomic E-state index is 5.91. The highest BCUT2D eigenvalue weighted by molar-refractivity contribution is 6.19. The van der Waals surface area contributed by atoms with Crippen molar-refractivity contribution < 1.29 is 9.47 Å². The Labute approximate surface area is 294 Å². The lowest BCUT2D eigenvalue weighted by atomic mass is 9.89. The summed E-state index contributed by atoms with van der Waals surface area (Å²) in [6, 6.07) is 56.4. The number of ether oxygens (including phenoxy) is 2. The van der Waals surface area contributed by atoms with Crippen molar-refractivity contribution in [3.63, 3.8) is 0 Å². The molecule has 242 valence electrons. The Balaban J connectivity index is 1.43. The van der Waals surface area contributed by atoms with Crippen molar-refractivity contribution in [2.24, 2.45) is 0 Å². The largest absolute Gasteiger partial charge is 0.493 e. The van der Waals surface area contributed by atoms with Crippen molar-refractivity contribution in [3.8, 4) is 45.1 Å². The molecule has 4 heteroatoms. The van der Waals surface area contributed by atoms with Crippen LogP contribution < -0.4 is 9.47 Å². The van der Waals surface area contributed by atoms with Gasteiger partial charge in [-0.15, -0.1) is 0 Å². The third kappa shape index (κ3) is 4.43. The highest BCUT2D eigenvalue weighted by atomic mass is 16.5. The number of nitrogens with zero attached hydrogens (tertiary/aromatic N) is 2. The first-order valence-electron chi connectivity index (χ1n) is 17.2. The molecule has 0 spiro atoms. The lowest BCUT2D eigenvalue weighted by molar-refractivity contribution is 0.356. The van der Waals surface area contributed by atoms with Gasteiger partial charge in [-0.2, -0.15) is 5.10 Å². The molecule has 0 N–H and O–H groups in total. The molecule has 0 saturated heterocycles. The van der Waals surface area contributed by atoms with Crippen LogP contribution in [0.4, 0.5) is 0 Å². The van der Waals surface area contributed by atoms with E-state index in [9.17, 15) is 0 Å². The summed E-state index contributed by atoms with van der Waals surface area (Å²) in [5.41, 5.74) is 7.30. The molecule has 10 rings (SSSR count). The van der Waals surface area contributed by atoms with E-state index in [0.29, 0.717) is 11.5 Å². The molecule has 0 bridgehead atoms. The Hall–Kier alpha value is -6.65. The van der Waals surface area contributed by atoms with Crippen LogP contribution in [0.5, 0.6) is 11.5 Å². The van der Waals surface area contributed by atoms with Crippen molar-refractivity contribution >= 4 is 59.4 Å². The van der Waals surface area contributed by atoms with E-state index in [1.165, 1.54) is 37.7 Å². The minimum absolute atomic E-state index is 0.675. The maximum Gasteiger partial charge on any atom is 0.161 e. The van der Waals surface area contributed by atoms with E-state index >= 15 is 0 Å². The minimum Gasteiger partial charge on any atom is -0.493 e. The maximum atomic E-state index is 5.91. The fourth-order valence-corrected chi connectivity index (χ4v) is 8.03. The molecular weight excluding hydrogens is 625 g/mol. The van der Waals surface area contributed by atoms with Crippen molar-refractivity contribution in [1.29, 1.82) is 0 Å². The van der Waals surface area contributed by atoms with E-state index < -0.39 is 0 Å². The molecule has 8 aromatic carbocycles. The SMILES string of the molecule is COc1cc2cc(-c3ccccc3)n3nc(-c4cccc5c4ccc4ccccc45)c(-c4cccc5c4ccc4ccccc45)c3c2cc1OC. The van der Waals surface area contributed by atoms with Gasteiger partial charge in [0.2, 0.25) is 0 Å². The molecule has 0 radical (unpaired) electrons. The molecule has 10 aromatic rings. The van der Waals surface area contributed by atoms with Crippen LogP contribution in [0.2, 0.25) is 0 Å². The van der Waals surface area contributed by atoms with Gasteiger partial charge < -0.3 is 9.47 Å². The van der Waals surface area contributed by atoms with Gasteiger partial charge in [-0.1, -0.05) is 140 Å². The zero-order chi connectivity index (χ0) is 34.1. The van der Waals surface area contributed by atoms with E-state index in [4.69, 9.17) is 14.6 Å². The van der Waals surface area contributed by atoms with Gasteiger partial charge in [-0.25, -0.2) is 4.52 Å². The third-order valence-electron chi connectivity index (χ3n) is 10.4. The molecule has 0 unspecified atom stereocenters. The Morgan fingerprint density at radius 3 is 1.67 bits per heavy atom. The highest BCUT2D eigenvalue weighted by Gasteiger charge is 2.25. The fraction of sp³-hybridized carbons (Fsp3) is 0.0426. The molecule has 2 aromatic heterocycles. The first-order valence-corrected chi connectivity index (χ1v) is 17.2. The van der Waals surface area contributed by atoms with E-state index in [0.717, 1.165) is 55.3 Å². The van der Waals surface area contributed by atoms with Crippen LogP contribution in [-0.2, 0) is 0 Å². The van der Waals surface area contributed by atoms with Crippen molar-refractivity contribution in [1.82, 2.24) is 9.61 Å². The molecule has 4 nitrogen and oxygen atoms in total. The second-order valence-corrected chi connectivity index (χ2v) is 13.0. The van der Waals surface area contributed by atoms with Gasteiger partial charge in [0.15, 0.2) is 11.5 Å². The minimum atomic E-state index is 0.675. The number of hydrogen-bond acceptors (Lipinski definition) is 3. The summed E-state index contributed by atoms with van der Waals surface area (Å²) in [6.07, 6.45) is 0. The average molecular weight is 657 g/mol. The summed E-state index contributed by atoms with van der Waals surface area (Å²) in [5, 5.41) is 17.4. The van der Waals surface area contributed by atoms with Crippen LogP contribution in [-0.4, -0.2) is 23.8 Å². The van der Waals surface area contributed by atoms with E-state index in [1.807, 2.05) is 0 Å². The number of benzene rings is 8. The molecule has 51 heavy (non-hydrogen) atoms. The zero-order valence-corrected chi connectivity index (χ0v) is 28.2. The lowest BCUT2D eigenvalue weighted by Crippen LogP contribution is -1.97. The van der Waals surface area contributed by atoms with E-state index in [-0.39, 0.29) is 0 Å². The first-order chi connectivity index (χ1) is 25.2. The van der Waals surface area contributed by atoms with Gasteiger partial charge in [0, 0.05) is 22.1 Å². The Morgan fingerprint density at radius 1 is 0.431 bits per heavy atom. The number of fused-ring (bicyclic) bond motifs is 9. The van der Waals surface area contributed by atoms with Crippen LogP contribution in [0.15, 0.2) is 158 Å². The number of hydrogen-bond donors (Lipinski definition) is 0. The van der Waals surface area contributed by atoms with Crippen molar-refractivity contribution in [3.05, 3.63) is 158 Å². The van der Waals surface area contributed by atoms with Crippen molar-refractivity contribution in [2.75, 3.05) is 14.2 Å². The van der Waals surface area contributed by atoms with Crippen LogP contribution >= 0.6 is 0 Å². The molecule has 0 amide bonds. The Kier molecular flexibility index (Phi) is 6.58. The summed E-state index contributed by atoms with van der Waals surface area (Å²) in [6.45, 7) is 0. The lowest BCUT2D eigenvalue weighted by Gasteiger charge is -2.15. The molecule has 0 aliphatic carbocycles. The molecule has 2 heterocycles. The number of pyridine rings is 1. The van der Waals surface area contributed by atoms with Crippen LogP contribution in [0.3, 0.4) is 0 Å². The van der Waals surface area contributed by atoms with Gasteiger partial charge in [0.25, 0.3) is 0 Å². The van der Waals surface area contributed by atoms with Crippen LogP contribution in [0, 0.1) is 0 Å². The third-order valence-corrected chi connectivity index (χ3v) is 10.4. The zero-order valence-electron chi connectivity index (χ0n) is 28.2. The van der Waals surface area contributed by atoms with Gasteiger partial charge in [0.05, 0.1) is 25.4 Å². The molecule has 0 aliphatic heterocycles. The Morgan fingerprint density at radius 2 is 1.00 bits per heavy atom. The number of rotatable bonds is 5. The molecule has 0 fully saturated rings. The van der Waals surface area contributed by atoms with Gasteiger partial charge in [-0.3, -0.25) is 0 Å². The molecular formula is C47H32N2O2. The molecule has 0 saturated carbocycles. The topological polar surface area (TPSA) is 35.8 Å². The summed E-state index contributed by atoms with van der Waals surface area (Å²) in [7, 11) is 3.38. The van der Waals surface area contributed by atoms with Gasteiger partial charge in [0.1, 0.15) is 5.69 Å².